The van der Waals surface area contributed by atoms with Crippen molar-refractivity contribution in [3.8, 4) is 0 Å². The predicted molar refractivity (Wildman–Crippen MR) is 124 cm³/mol. The van der Waals surface area contributed by atoms with Crippen LogP contribution in [-0.2, 0) is 14.7 Å². The Labute approximate surface area is 206 Å². The Morgan fingerprint density at radius 2 is 2.00 bits per heavy atom. The number of fused-ring (bicyclic) bond motifs is 1. The Morgan fingerprint density at radius 1 is 1.31 bits per heavy atom. The minimum atomic E-state index is -5.91. The summed E-state index contributed by atoms with van der Waals surface area (Å²) in [7, 11) is -3.97. The third kappa shape index (κ3) is 5.40. The Balaban J connectivity index is 1.99. The smallest absolute Gasteiger partial charge is 0.461 e. The lowest BCUT2D eigenvalue weighted by Gasteiger charge is -2.34. The van der Waals surface area contributed by atoms with E-state index in [2.05, 4.69) is 25.6 Å². The Bertz CT molecular complexity index is 1250. The van der Waals surface area contributed by atoms with Crippen LogP contribution < -0.4 is 10.4 Å². The van der Waals surface area contributed by atoms with E-state index >= 15 is 0 Å². The summed E-state index contributed by atoms with van der Waals surface area (Å²) in [6.45, 7) is 3.07. The van der Waals surface area contributed by atoms with Crippen molar-refractivity contribution >= 4 is 45.0 Å². The summed E-state index contributed by atoms with van der Waals surface area (Å²) in [5, 5.41) is 14.8. The third-order valence-corrected chi connectivity index (χ3v) is 7.23. The molecule has 0 spiro atoms. The number of halogens is 5. The molecule has 10 nitrogen and oxygen atoms in total. The van der Waals surface area contributed by atoms with Crippen LogP contribution in [0.15, 0.2) is 44.1 Å². The number of aliphatic hydroxyl groups excluding tert-OH is 1. The number of alkyl halides is 5. The van der Waals surface area contributed by atoms with Crippen LogP contribution in [0.3, 0.4) is 0 Å². The standard InChI is InChI=1S/C19H21F5N6O4S2/c1-4-36(32,33)13-8-11(16(31)29-34-5-6-35-3)9-25-15(13)30-10(2)7-12-14(28-30)27-17(26-12)18(20,21)19(22,23)24/h7-10H,4-6H2,1-3H3,(H,29,31)(H,26,27,28). The minimum Gasteiger partial charge on any atom is -0.491 e. The maximum Gasteiger partial charge on any atom is 0.461 e. The molecule has 0 fully saturated rings. The highest BCUT2D eigenvalue weighted by Gasteiger charge is 2.62. The SMILES string of the molecule is CCS(=O)(=O)c1cc(C(O)=NOCCSC)cnc1N1NC2=NC(C(F)(F)C(F)(F)F)=NC2=CC1C. The Morgan fingerprint density at radius 3 is 2.61 bits per heavy atom. The number of rotatable bonds is 9. The van der Waals surface area contributed by atoms with E-state index in [1.807, 2.05) is 6.26 Å². The Hall–Kier alpha value is -2.95. The highest BCUT2D eigenvalue weighted by molar-refractivity contribution is 7.98. The maximum absolute atomic E-state index is 13.7. The van der Waals surface area contributed by atoms with Gasteiger partial charge in [0, 0.05) is 11.9 Å². The van der Waals surface area contributed by atoms with Crippen molar-refractivity contribution in [2.45, 2.75) is 36.9 Å². The summed E-state index contributed by atoms with van der Waals surface area (Å²) in [5.74, 6) is -8.08. The Kier molecular flexibility index (Phi) is 7.83. The third-order valence-electron chi connectivity index (χ3n) is 4.92. The maximum atomic E-state index is 13.7. The number of aliphatic imine (C=N–C) groups is 2. The van der Waals surface area contributed by atoms with Crippen molar-refractivity contribution in [1.82, 2.24) is 10.4 Å². The van der Waals surface area contributed by atoms with E-state index in [1.54, 1.807) is 0 Å². The molecule has 3 heterocycles. The number of aromatic nitrogens is 1. The van der Waals surface area contributed by atoms with Gasteiger partial charge in [0.25, 0.3) is 5.90 Å². The topological polar surface area (TPSA) is 129 Å². The normalized spacial score (nSPS) is 18.8. The van der Waals surface area contributed by atoms with Crippen LogP contribution >= 0.6 is 11.8 Å². The highest BCUT2D eigenvalue weighted by Crippen LogP contribution is 2.39. The average Bonchev–Trinajstić information content (AvgIpc) is 3.23. The summed E-state index contributed by atoms with van der Waals surface area (Å²) in [6.07, 6.45) is -1.73. The van der Waals surface area contributed by atoms with Gasteiger partial charge in [0.05, 0.1) is 17.4 Å². The van der Waals surface area contributed by atoms with E-state index in [-0.39, 0.29) is 34.3 Å². The summed E-state index contributed by atoms with van der Waals surface area (Å²) >= 11 is 1.49. The van der Waals surface area contributed by atoms with Crippen LogP contribution in [0, 0.1) is 0 Å². The van der Waals surface area contributed by atoms with Gasteiger partial charge in [-0.25, -0.2) is 23.4 Å². The molecule has 0 radical (unpaired) electrons. The number of hydrogen-bond acceptors (Lipinski definition) is 10. The molecule has 2 aliphatic heterocycles. The lowest BCUT2D eigenvalue weighted by molar-refractivity contribution is -0.249. The fourth-order valence-corrected chi connectivity index (χ4v) is 4.28. The monoisotopic (exact) mass is 556 g/mol. The van der Waals surface area contributed by atoms with Crippen LogP contribution in [0.1, 0.15) is 19.4 Å². The number of thioether (sulfide) groups is 1. The molecule has 0 saturated heterocycles. The molecule has 2 aliphatic rings. The van der Waals surface area contributed by atoms with E-state index in [4.69, 9.17) is 4.84 Å². The zero-order chi connectivity index (χ0) is 26.9. The summed E-state index contributed by atoms with van der Waals surface area (Å²) in [6, 6.07) is 0.296. The van der Waals surface area contributed by atoms with Crippen molar-refractivity contribution in [3.05, 3.63) is 29.6 Å². The van der Waals surface area contributed by atoms with Crippen LogP contribution in [0.25, 0.3) is 0 Å². The predicted octanol–water partition coefficient (Wildman–Crippen LogP) is 3.08. The second kappa shape index (κ2) is 10.2. The van der Waals surface area contributed by atoms with Crippen molar-refractivity contribution in [2.24, 2.45) is 15.1 Å². The van der Waals surface area contributed by atoms with Crippen molar-refractivity contribution < 1.29 is 40.3 Å². The number of nitrogens with zero attached hydrogens (tertiary/aromatic N) is 5. The molecule has 0 amide bonds. The van der Waals surface area contributed by atoms with Gasteiger partial charge in [-0.3, -0.25) is 10.4 Å². The first-order valence-corrected chi connectivity index (χ1v) is 13.3. The molecule has 198 valence electrons. The second-order valence-electron chi connectivity index (χ2n) is 7.43. The largest absolute Gasteiger partial charge is 0.491 e. The molecule has 0 bridgehead atoms. The van der Waals surface area contributed by atoms with Gasteiger partial charge in [0.15, 0.2) is 21.5 Å². The lowest BCUT2D eigenvalue weighted by atomic mass is 10.2. The minimum absolute atomic E-state index is 0.0792. The molecule has 2 N–H and O–H groups in total. The van der Waals surface area contributed by atoms with Crippen molar-refractivity contribution in [3.63, 3.8) is 0 Å². The molecule has 0 aromatic carbocycles. The van der Waals surface area contributed by atoms with Crippen LogP contribution in [0.2, 0.25) is 0 Å². The molecule has 36 heavy (non-hydrogen) atoms. The molecule has 0 aliphatic carbocycles. The van der Waals surface area contributed by atoms with Crippen molar-refractivity contribution in [2.75, 3.05) is 29.4 Å². The van der Waals surface area contributed by atoms with Crippen LogP contribution in [-0.4, -0.2) is 78.6 Å². The molecule has 3 rings (SSSR count). The average molecular weight is 557 g/mol. The second-order valence-corrected chi connectivity index (χ2v) is 10.7. The first-order chi connectivity index (χ1) is 16.7. The number of hydrazine groups is 1. The first kappa shape index (κ1) is 27.6. The molecule has 1 aromatic heterocycles. The van der Waals surface area contributed by atoms with E-state index in [9.17, 15) is 35.5 Å². The quantitative estimate of drug-likeness (QED) is 0.156. The van der Waals surface area contributed by atoms with Gasteiger partial charge in [0.2, 0.25) is 5.84 Å². The van der Waals surface area contributed by atoms with Crippen LogP contribution in [0.5, 0.6) is 0 Å². The number of amidine groups is 2. The number of pyridine rings is 1. The molecule has 17 heteroatoms. The summed E-state index contributed by atoms with van der Waals surface area (Å²) in [5.41, 5.74) is 2.18. The summed E-state index contributed by atoms with van der Waals surface area (Å²) < 4.78 is 91.4. The number of oxime groups is 1. The van der Waals surface area contributed by atoms with Gasteiger partial charge in [-0.15, -0.1) is 0 Å². The van der Waals surface area contributed by atoms with Gasteiger partial charge in [0.1, 0.15) is 17.2 Å². The zero-order valence-corrected chi connectivity index (χ0v) is 20.7. The van der Waals surface area contributed by atoms with Gasteiger partial charge in [-0.1, -0.05) is 6.92 Å². The number of nitrogens with one attached hydrogen (secondary N) is 1. The first-order valence-electron chi connectivity index (χ1n) is 10.2. The van der Waals surface area contributed by atoms with Gasteiger partial charge >= 0.3 is 12.1 Å². The highest BCUT2D eigenvalue weighted by atomic mass is 32.2. The number of aliphatic hydroxyl groups is 1. The fourth-order valence-electron chi connectivity index (χ4n) is 2.99. The zero-order valence-electron chi connectivity index (χ0n) is 19.0. The molecule has 1 unspecified atom stereocenters. The molecular weight excluding hydrogens is 535 g/mol. The molecule has 0 saturated carbocycles. The molecule has 1 atom stereocenters. The number of hydrogen-bond donors (Lipinski definition) is 2. The van der Waals surface area contributed by atoms with E-state index in [0.29, 0.717) is 5.75 Å². The number of sulfone groups is 1. The van der Waals surface area contributed by atoms with Gasteiger partial charge < -0.3 is 9.94 Å². The van der Waals surface area contributed by atoms with E-state index < -0.39 is 45.5 Å². The fraction of sp³-hybridized carbons (Fsp3) is 0.474. The number of anilines is 1. The van der Waals surface area contributed by atoms with Gasteiger partial charge in [-0.2, -0.15) is 33.7 Å². The van der Waals surface area contributed by atoms with E-state index in [1.165, 1.54) is 31.7 Å². The van der Waals surface area contributed by atoms with E-state index in [0.717, 1.165) is 17.3 Å². The molecular formula is C19H21F5N6O4S2. The lowest BCUT2D eigenvalue weighted by Crippen LogP contribution is -2.51. The van der Waals surface area contributed by atoms with Crippen LogP contribution in [0.4, 0.5) is 27.8 Å². The molecule has 1 aromatic rings. The van der Waals surface area contributed by atoms with Crippen molar-refractivity contribution in [1.29, 1.82) is 0 Å². The van der Waals surface area contributed by atoms with Gasteiger partial charge in [-0.05, 0) is 30.5 Å². The summed E-state index contributed by atoms with van der Waals surface area (Å²) in [4.78, 5) is 15.3.